The zero-order valence-corrected chi connectivity index (χ0v) is 21.6. The summed E-state index contributed by atoms with van der Waals surface area (Å²) in [6, 6.07) is 8.55. The number of carbonyl (C=O) groups excluding carboxylic acids is 1. The van der Waals surface area contributed by atoms with E-state index in [0.717, 1.165) is 34.2 Å². The van der Waals surface area contributed by atoms with Gasteiger partial charge in [0.05, 0.1) is 10.7 Å². The topological polar surface area (TPSA) is 42.4 Å². The minimum absolute atomic E-state index is 0.238. The number of amides is 1. The summed E-state index contributed by atoms with van der Waals surface area (Å²) in [6.07, 6.45) is 10.1. The van der Waals surface area contributed by atoms with Crippen LogP contribution in [0.1, 0.15) is 81.2 Å². The van der Waals surface area contributed by atoms with Gasteiger partial charge in [-0.25, -0.2) is 4.79 Å². The molecule has 0 atom stereocenters. The van der Waals surface area contributed by atoms with Crippen LogP contribution in [0.15, 0.2) is 35.4 Å². The van der Waals surface area contributed by atoms with E-state index in [4.69, 9.17) is 21.3 Å². The van der Waals surface area contributed by atoms with E-state index >= 15 is 0 Å². The molecule has 0 saturated heterocycles. The number of hydrogen-bond acceptors (Lipinski definition) is 4. The number of halogens is 1. The first-order valence-corrected chi connectivity index (χ1v) is 13.5. The summed E-state index contributed by atoms with van der Waals surface area (Å²) in [4.78, 5) is 20.3. The average Bonchev–Trinajstić information content (AvgIpc) is 3.01. The maximum Gasteiger partial charge on any atom is 0.410 e. The van der Waals surface area contributed by atoms with Crippen LogP contribution in [0.5, 0.6) is 0 Å². The molecular weight excluding hydrogens is 452 g/mol. The predicted octanol–water partition coefficient (Wildman–Crippen LogP) is 7.41. The number of rotatable bonds is 4. The molecule has 1 amide bonds. The molecule has 2 heterocycles. The molecule has 0 spiro atoms. The van der Waals surface area contributed by atoms with Crippen molar-refractivity contribution < 1.29 is 9.53 Å². The predicted molar refractivity (Wildman–Crippen MR) is 136 cm³/mol. The summed E-state index contributed by atoms with van der Waals surface area (Å²) >= 11 is 8.40. The molecule has 0 bridgehead atoms. The smallest absolute Gasteiger partial charge is 0.410 e. The Kier molecular flexibility index (Phi) is 7.91. The van der Waals surface area contributed by atoms with E-state index in [1.54, 1.807) is 11.8 Å². The molecule has 4 nitrogen and oxygen atoms in total. The first kappa shape index (κ1) is 24.4. The van der Waals surface area contributed by atoms with Crippen LogP contribution < -0.4 is 0 Å². The van der Waals surface area contributed by atoms with Gasteiger partial charge in [0.15, 0.2) is 0 Å². The molecule has 1 fully saturated rings. The summed E-state index contributed by atoms with van der Waals surface area (Å²) in [5.74, 6) is 1.47. The molecule has 2 aromatic rings. The summed E-state index contributed by atoms with van der Waals surface area (Å²) < 4.78 is 5.59. The quantitative estimate of drug-likeness (QED) is 0.422. The molecule has 1 aromatic heterocycles. The number of ether oxygens (including phenoxy) is 1. The Bertz CT molecular complexity index is 965. The van der Waals surface area contributed by atoms with Crippen LogP contribution in [0, 0.1) is 0 Å². The SMILES string of the molecule is CC(C)(C)OC(=O)N1CCc2ccc(Cl)c(SCc3ccc(C4CCCCC4)cn3)c2CC1. The van der Waals surface area contributed by atoms with E-state index < -0.39 is 5.60 Å². The van der Waals surface area contributed by atoms with E-state index in [0.29, 0.717) is 19.0 Å². The molecular formula is C27H35ClN2O2S. The molecule has 6 heteroatoms. The second kappa shape index (κ2) is 10.7. The summed E-state index contributed by atoms with van der Waals surface area (Å²) in [6.45, 7) is 7.02. The Morgan fingerprint density at radius 2 is 1.88 bits per heavy atom. The van der Waals surface area contributed by atoms with Crippen LogP contribution in [0.25, 0.3) is 0 Å². The molecule has 0 radical (unpaired) electrons. The van der Waals surface area contributed by atoms with Gasteiger partial charge in [0, 0.05) is 29.9 Å². The van der Waals surface area contributed by atoms with E-state index in [1.807, 2.05) is 31.7 Å². The number of pyridine rings is 1. The van der Waals surface area contributed by atoms with Crippen molar-refractivity contribution in [1.29, 1.82) is 0 Å². The lowest BCUT2D eigenvalue weighted by Crippen LogP contribution is -2.38. The second-order valence-electron chi connectivity index (χ2n) is 10.2. The summed E-state index contributed by atoms with van der Waals surface area (Å²) in [5, 5.41) is 0.781. The van der Waals surface area contributed by atoms with Gasteiger partial charge in [-0.05, 0) is 81.2 Å². The van der Waals surface area contributed by atoms with Crippen molar-refractivity contribution in [1.82, 2.24) is 9.88 Å². The zero-order chi connectivity index (χ0) is 23.4. The van der Waals surface area contributed by atoms with Crippen molar-refractivity contribution in [2.45, 2.75) is 87.9 Å². The van der Waals surface area contributed by atoms with Crippen LogP contribution in [-0.4, -0.2) is 34.7 Å². The first-order chi connectivity index (χ1) is 15.8. The minimum Gasteiger partial charge on any atom is -0.444 e. The molecule has 1 saturated carbocycles. The number of hydrogen-bond donors (Lipinski definition) is 0. The number of aromatic nitrogens is 1. The standard InChI is InChI=1S/C27H35ClN2O2S/c1-27(2,3)32-26(31)30-15-13-20-10-12-24(28)25(23(20)14-16-30)33-18-22-11-9-21(17-29-22)19-7-5-4-6-8-19/h9-12,17,19H,4-8,13-16,18H2,1-3H3. The van der Waals surface area contributed by atoms with Crippen LogP contribution in [0.2, 0.25) is 5.02 Å². The molecule has 2 aliphatic rings. The number of nitrogens with zero attached hydrogens (tertiary/aromatic N) is 2. The molecule has 0 unspecified atom stereocenters. The Balaban J connectivity index is 1.42. The lowest BCUT2D eigenvalue weighted by atomic mass is 9.85. The summed E-state index contributed by atoms with van der Waals surface area (Å²) in [7, 11) is 0. The van der Waals surface area contributed by atoms with Crippen LogP contribution in [0.4, 0.5) is 4.79 Å². The van der Waals surface area contributed by atoms with E-state index in [-0.39, 0.29) is 6.09 Å². The Morgan fingerprint density at radius 3 is 2.58 bits per heavy atom. The zero-order valence-electron chi connectivity index (χ0n) is 20.0. The fourth-order valence-corrected chi connectivity index (χ4v) is 6.19. The van der Waals surface area contributed by atoms with Gasteiger partial charge < -0.3 is 9.64 Å². The van der Waals surface area contributed by atoms with Crippen molar-refractivity contribution in [2.24, 2.45) is 0 Å². The molecule has 4 rings (SSSR count). The van der Waals surface area contributed by atoms with Gasteiger partial charge in [0.25, 0.3) is 0 Å². The van der Waals surface area contributed by atoms with Gasteiger partial charge in [0.2, 0.25) is 0 Å². The molecule has 0 N–H and O–H groups in total. The van der Waals surface area contributed by atoms with Crippen molar-refractivity contribution in [3.63, 3.8) is 0 Å². The fourth-order valence-electron chi connectivity index (χ4n) is 4.77. The highest BCUT2D eigenvalue weighted by molar-refractivity contribution is 7.98. The van der Waals surface area contributed by atoms with Gasteiger partial charge in [-0.3, -0.25) is 4.98 Å². The lowest BCUT2D eigenvalue weighted by molar-refractivity contribution is 0.0258. The highest BCUT2D eigenvalue weighted by Crippen LogP contribution is 2.37. The molecule has 178 valence electrons. The van der Waals surface area contributed by atoms with E-state index in [9.17, 15) is 4.79 Å². The van der Waals surface area contributed by atoms with Gasteiger partial charge in [-0.15, -0.1) is 11.8 Å². The number of thioether (sulfide) groups is 1. The molecule has 1 aliphatic carbocycles. The Hall–Kier alpha value is -1.72. The van der Waals surface area contributed by atoms with Crippen molar-refractivity contribution in [2.75, 3.05) is 13.1 Å². The normalized spacial score (nSPS) is 17.4. The maximum absolute atomic E-state index is 12.6. The largest absolute Gasteiger partial charge is 0.444 e. The van der Waals surface area contributed by atoms with E-state index in [2.05, 4.69) is 24.4 Å². The van der Waals surface area contributed by atoms with Crippen LogP contribution >= 0.6 is 23.4 Å². The lowest BCUT2D eigenvalue weighted by Gasteiger charge is -2.26. The number of carbonyl (C=O) groups is 1. The van der Waals surface area contributed by atoms with Crippen molar-refractivity contribution >= 4 is 29.5 Å². The summed E-state index contributed by atoms with van der Waals surface area (Å²) in [5.41, 5.74) is 4.51. The van der Waals surface area contributed by atoms with Crippen LogP contribution in [0.3, 0.4) is 0 Å². The van der Waals surface area contributed by atoms with Gasteiger partial charge in [-0.1, -0.05) is 43.0 Å². The van der Waals surface area contributed by atoms with Gasteiger partial charge in [-0.2, -0.15) is 0 Å². The van der Waals surface area contributed by atoms with Gasteiger partial charge >= 0.3 is 6.09 Å². The number of benzene rings is 1. The third-order valence-electron chi connectivity index (χ3n) is 6.53. The van der Waals surface area contributed by atoms with Crippen molar-refractivity contribution in [3.8, 4) is 0 Å². The average molecular weight is 487 g/mol. The Labute approximate surface area is 207 Å². The molecule has 1 aromatic carbocycles. The molecule has 33 heavy (non-hydrogen) atoms. The van der Waals surface area contributed by atoms with Crippen molar-refractivity contribution in [3.05, 3.63) is 57.9 Å². The van der Waals surface area contributed by atoms with Crippen LogP contribution in [-0.2, 0) is 23.3 Å². The third kappa shape index (κ3) is 6.45. The monoisotopic (exact) mass is 486 g/mol. The maximum atomic E-state index is 12.6. The highest BCUT2D eigenvalue weighted by Gasteiger charge is 2.26. The Morgan fingerprint density at radius 1 is 1.12 bits per heavy atom. The minimum atomic E-state index is -0.486. The molecule has 1 aliphatic heterocycles. The second-order valence-corrected chi connectivity index (χ2v) is 11.6. The number of fused-ring (bicyclic) bond motifs is 1. The third-order valence-corrected chi connectivity index (χ3v) is 8.15. The van der Waals surface area contributed by atoms with E-state index in [1.165, 1.54) is 48.8 Å². The van der Waals surface area contributed by atoms with Gasteiger partial charge in [0.1, 0.15) is 5.60 Å². The first-order valence-electron chi connectivity index (χ1n) is 12.2. The highest BCUT2D eigenvalue weighted by atomic mass is 35.5. The fraction of sp³-hybridized carbons (Fsp3) is 0.556.